The van der Waals surface area contributed by atoms with Crippen molar-refractivity contribution in [3.8, 4) is 5.88 Å². The van der Waals surface area contributed by atoms with E-state index in [2.05, 4.69) is 20.3 Å². The summed E-state index contributed by atoms with van der Waals surface area (Å²) in [4.78, 5) is 12.5. The first-order chi connectivity index (χ1) is 10.4. The van der Waals surface area contributed by atoms with E-state index < -0.39 is 0 Å². The van der Waals surface area contributed by atoms with Crippen molar-refractivity contribution in [2.24, 2.45) is 0 Å². The molecule has 0 aromatic carbocycles. The molecule has 2 rings (SSSR count). The number of nitrogens with zero attached hydrogens (tertiary/aromatic N) is 3. The van der Waals surface area contributed by atoms with Gasteiger partial charge in [0.2, 0.25) is 5.88 Å². The average molecular weight is 362 g/mol. The van der Waals surface area contributed by atoms with Gasteiger partial charge in [-0.05, 0) is 26.8 Å². The molecule has 0 saturated heterocycles. The molecule has 2 aromatic rings. The lowest BCUT2D eigenvalue weighted by Gasteiger charge is -2.17. The van der Waals surface area contributed by atoms with Crippen LogP contribution in [0, 0.1) is 13.8 Å². The summed E-state index contributed by atoms with van der Waals surface area (Å²) >= 11 is 18.0. The predicted molar refractivity (Wildman–Crippen MR) is 89.4 cm³/mol. The molecule has 0 aliphatic heterocycles. The number of aryl methyl sites for hydroxylation is 2. The number of halogens is 3. The van der Waals surface area contributed by atoms with Crippen molar-refractivity contribution in [2.75, 3.05) is 11.9 Å². The third kappa shape index (κ3) is 4.35. The van der Waals surface area contributed by atoms with Crippen molar-refractivity contribution in [1.82, 2.24) is 15.0 Å². The highest BCUT2D eigenvalue weighted by Gasteiger charge is 2.12. The van der Waals surface area contributed by atoms with Crippen molar-refractivity contribution < 1.29 is 4.74 Å². The number of ether oxygens (including phenoxy) is 1. The first-order valence-electron chi connectivity index (χ1n) is 6.59. The van der Waals surface area contributed by atoms with E-state index >= 15 is 0 Å². The summed E-state index contributed by atoms with van der Waals surface area (Å²) < 4.78 is 5.67. The lowest BCUT2D eigenvalue weighted by molar-refractivity contribution is 0.225. The van der Waals surface area contributed by atoms with Crippen LogP contribution in [-0.2, 0) is 0 Å². The number of anilines is 1. The van der Waals surface area contributed by atoms with Crippen LogP contribution in [0.4, 0.5) is 5.82 Å². The topological polar surface area (TPSA) is 59.9 Å². The molecule has 1 N–H and O–H groups in total. The lowest BCUT2D eigenvalue weighted by Crippen LogP contribution is -2.24. The predicted octanol–water partition coefficient (Wildman–Crippen LogP) is 4.33. The second-order valence-corrected chi connectivity index (χ2v) is 5.99. The Hall–Kier alpha value is -1.30. The summed E-state index contributed by atoms with van der Waals surface area (Å²) in [7, 11) is 0. The quantitative estimate of drug-likeness (QED) is 0.859. The molecule has 2 heterocycles. The Morgan fingerprint density at radius 3 is 2.64 bits per heavy atom. The van der Waals surface area contributed by atoms with Gasteiger partial charge in [0.15, 0.2) is 0 Å². The molecule has 0 spiro atoms. The smallest absolute Gasteiger partial charge is 0.232 e. The Balaban J connectivity index is 2.00. The molecule has 0 bridgehead atoms. The Kier molecular flexibility index (Phi) is 5.67. The van der Waals surface area contributed by atoms with Crippen molar-refractivity contribution in [1.29, 1.82) is 0 Å². The average Bonchev–Trinajstić information content (AvgIpc) is 2.44. The largest absolute Gasteiger partial charge is 0.472 e. The van der Waals surface area contributed by atoms with E-state index in [0.717, 1.165) is 5.69 Å². The van der Waals surface area contributed by atoms with E-state index in [1.165, 1.54) is 6.20 Å². The molecule has 0 radical (unpaired) electrons. The Bertz CT molecular complexity index is 681. The van der Waals surface area contributed by atoms with E-state index in [1.54, 1.807) is 6.07 Å². The maximum absolute atomic E-state index is 6.18. The Labute approximate surface area is 144 Å². The van der Waals surface area contributed by atoms with Crippen LogP contribution in [0.25, 0.3) is 0 Å². The fraction of sp³-hybridized carbons (Fsp3) is 0.357. The monoisotopic (exact) mass is 360 g/mol. The van der Waals surface area contributed by atoms with Gasteiger partial charge in [0.05, 0.1) is 17.3 Å². The van der Waals surface area contributed by atoms with Gasteiger partial charge >= 0.3 is 0 Å². The first kappa shape index (κ1) is 17.1. The van der Waals surface area contributed by atoms with Gasteiger partial charge < -0.3 is 10.1 Å². The van der Waals surface area contributed by atoms with E-state index in [1.807, 2.05) is 20.8 Å². The summed E-state index contributed by atoms with van der Waals surface area (Å²) in [5.41, 5.74) is 0.729. The van der Waals surface area contributed by atoms with Crippen LogP contribution in [0.2, 0.25) is 15.1 Å². The molecule has 0 fully saturated rings. The normalized spacial score (nSPS) is 12.1. The number of rotatable bonds is 5. The van der Waals surface area contributed by atoms with E-state index in [9.17, 15) is 0 Å². The van der Waals surface area contributed by atoms with Crippen molar-refractivity contribution in [2.45, 2.75) is 26.9 Å². The first-order valence-corrected chi connectivity index (χ1v) is 7.72. The van der Waals surface area contributed by atoms with Crippen LogP contribution in [0.5, 0.6) is 5.88 Å². The van der Waals surface area contributed by atoms with Gasteiger partial charge in [0, 0.05) is 6.20 Å². The van der Waals surface area contributed by atoms with Gasteiger partial charge in [-0.2, -0.15) is 0 Å². The van der Waals surface area contributed by atoms with Gasteiger partial charge in [-0.3, -0.25) is 0 Å². The van der Waals surface area contributed by atoms with Crippen molar-refractivity contribution in [3.05, 3.63) is 38.8 Å². The number of hydrogen-bond donors (Lipinski definition) is 1. The summed E-state index contributed by atoms with van der Waals surface area (Å²) in [5.74, 6) is 1.57. The molecule has 118 valence electrons. The van der Waals surface area contributed by atoms with E-state index in [0.29, 0.717) is 39.1 Å². The zero-order chi connectivity index (χ0) is 16.3. The highest BCUT2D eigenvalue weighted by Crippen LogP contribution is 2.26. The maximum atomic E-state index is 6.18. The van der Waals surface area contributed by atoms with Gasteiger partial charge in [0.25, 0.3) is 0 Å². The zero-order valence-electron chi connectivity index (χ0n) is 12.3. The summed E-state index contributed by atoms with van der Waals surface area (Å²) in [6.07, 6.45) is 1.29. The molecular formula is C14H15Cl3N4O. The van der Waals surface area contributed by atoms with Crippen LogP contribution in [0.15, 0.2) is 12.3 Å². The fourth-order valence-electron chi connectivity index (χ4n) is 1.78. The van der Waals surface area contributed by atoms with E-state index in [4.69, 9.17) is 39.5 Å². The fourth-order valence-corrected chi connectivity index (χ4v) is 2.35. The van der Waals surface area contributed by atoms with Gasteiger partial charge in [0.1, 0.15) is 27.8 Å². The van der Waals surface area contributed by atoms with Gasteiger partial charge in [-0.15, -0.1) is 0 Å². The molecule has 1 atom stereocenters. The summed E-state index contributed by atoms with van der Waals surface area (Å²) in [5, 5.41) is 4.47. The molecule has 22 heavy (non-hydrogen) atoms. The van der Waals surface area contributed by atoms with Gasteiger partial charge in [-0.1, -0.05) is 34.8 Å². The molecule has 8 heteroatoms. The van der Waals surface area contributed by atoms with Crippen LogP contribution < -0.4 is 10.1 Å². The lowest BCUT2D eigenvalue weighted by atomic mass is 10.3. The molecule has 0 unspecified atom stereocenters. The highest BCUT2D eigenvalue weighted by molar-refractivity contribution is 6.35. The third-order valence-electron chi connectivity index (χ3n) is 2.77. The molecule has 0 aliphatic carbocycles. The van der Waals surface area contributed by atoms with Crippen LogP contribution in [0.3, 0.4) is 0 Å². The highest BCUT2D eigenvalue weighted by atomic mass is 35.5. The molecule has 0 saturated carbocycles. The minimum absolute atomic E-state index is 0.196. The van der Waals surface area contributed by atoms with Crippen LogP contribution >= 0.6 is 34.8 Å². The number of pyridine rings is 1. The standard InChI is InChI=1S/C14H15Cl3N4O/c1-7(22-14-11(16)4-10(15)6-19-14)5-18-13-12(17)8(2)20-9(3)21-13/h4,6-7H,5H2,1-3H3,(H,18,20,21)/t7-/m1/s1. The Morgan fingerprint density at radius 1 is 1.23 bits per heavy atom. The minimum atomic E-state index is -0.196. The summed E-state index contributed by atoms with van der Waals surface area (Å²) in [6.45, 7) is 6.01. The zero-order valence-corrected chi connectivity index (χ0v) is 14.6. The van der Waals surface area contributed by atoms with Crippen LogP contribution in [-0.4, -0.2) is 27.6 Å². The molecule has 0 aliphatic rings. The maximum Gasteiger partial charge on any atom is 0.232 e. The minimum Gasteiger partial charge on any atom is -0.472 e. The summed E-state index contributed by atoms with van der Waals surface area (Å²) in [6, 6.07) is 1.58. The number of nitrogens with one attached hydrogen (secondary N) is 1. The second-order valence-electron chi connectivity index (χ2n) is 4.77. The number of aromatic nitrogens is 3. The molecule has 2 aromatic heterocycles. The SMILES string of the molecule is Cc1nc(C)c(Cl)c(NC[C@@H](C)Oc2ncc(Cl)cc2Cl)n1. The molecule has 0 amide bonds. The van der Waals surface area contributed by atoms with Gasteiger partial charge in [-0.25, -0.2) is 15.0 Å². The number of hydrogen-bond acceptors (Lipinski definition) is 5. The van der Waals surface area contributed by atoms with Crippen molar-refractivity contribution >= 4 is 40.6 Å². The third-order valence-corrected chi connectivity index (χ3v) is 3.70. The molecular weight excluding hydrogens is 347 g/mol. The Morgan fingerprint density at radius 2 is 1.95 bits per heavy atom. The van der Waals surface area contributed by atoms with E-state index in [-0.39, 0.29) is 6.10 Å². The molecule has 5 nitrogen and oxygen atoms in total. The van der Waals surface area contributed by atoms with Crippen LogP contribution in [0.1, 0.15) is 18.4 Å². The second kappa shape index (κ2) is 7.31. The van der Waals surface area contributed by atoms with Crippen molar-refractivity contribution in [3.63, 3.8) is 0 Å².